The summed E-state index contributed by atoms with van der Waals surface area (Å²) in [6, 6.07) is 6.27. The summed E-state index contributed by atoms with van der Waals surface area (Å²) in [5.41, 5.74) is -2.77. The molecule has 0 N–H and O–H groups in total. The van der Waals surface area contributed by atoms with E-state index in [0.717, 1.165) is 12.4 Å². The quantitative estimate of drug-likeness (QED) is 0.179. The molecule has 0 aliphatic heterocycles. The SMILES string of the molecule is C#CCN(C(=O)c1cc(-c2cnn(-c3c(C(F)(F)F)c(OS(=O)(=O)C(F)(C(F)(F)F)C(F)(F)F)nn3C)c2)ccc1C)C1(C#N)CC1. The molecule has 1 aliphatic rings. The minimum Gasteiger partial charge on any atom is -0.356 e. The van der Waals surface area contributed by atoms with Gasteiger partial charge >= 0.3 is 33.6 Å². The Labute approximate surface area is 258 Å². The lowest BCUT2D eigenvalue weighted by atomic mass is 10.00. The second-order valence-corrected chi connectivity index (χ2v) is 11.8. The number of halogens is 10. The Morgan fingerprint density at radius 3 is 2.17 bits per heavy atom. The molecule has 3 aromatic rings. The zero-order valence-corrected chi connectivity index (χ0v) is 24.4. The Bertz CT molecular complexity index is 1910. The van der Waals surface area contributed by atoms with E-state index in [9.17, 15) is 62.4 Å². The predicted molar refractivity (Wildman–Crippen MR) is 138 cm³/mol. The molecule has 1 aromatic carbocycles. The summed E-state index contributed by atoms with van der Waals surface area (Å²) in [5, 5.41) is 9.11. The summed E-state index contributed by atoms with van der Waals surface area (Å²) in [5.74, 6) is -1.93. The topological polar surface area (TPSA) is 123 Å². The van der Waals surface area contributed by atoms with Crippen LogP contribution in [-0.2, 0) is 23.3 Å². The van der Waals surface area contributed by atoms with Crippen molar-refractivity contribution >= 4 is 16.0 Å². The van der Waals surface area contributed by atoms with Crippen LogP contribution in [0.4, 0.5) is 43.9 Å². The third-order valence-corrected chi connectivity index (χ3v) is 8.60. The number of nitriles is 1. The van der Waals surface area contributed by atoms with Crippen LogP contribution >= 0.6 is 0 Å². The van der Waals surface area contributed by atoms with Gasteiger partial charge < -0.3 is 9.08 Å². The van der Waals surface area contributed by atoms with Crippen molar-refractivity contribution in [3.05, 3.63) is 47.3 Å². The lowest BCUT2D eigenvalue weighted by Gasteiger charge is -2.28. The van der Waals surface area contributed by atoms with Gasteiger partial charge in [0.25, 0.3) is 11.8 Å². The molecule has 0 spiro atoms. The van der Waals surface area contributed by atoms with Crippen LogP contribution in [0.1, 0.15) is 34.3 Å². The molecule has 0 saturated heterocycles. The van der Waals surface area contributed by atoms with Gasteiger partial charge in [-0.15, -0.1) is 11.5 Å². The number of alkyl halides is 10. The molecule has 10 nitrogen and oxygen atoms in total. The minimum atomic E-state index is -7.62. The molecule has 1 saturated carbocycles. The maximum atomic E-state index is 14.3. The van der Waals surface area contributed by atoms with E-state index in [1.54, 1.807) is 6.92 Å². The molecule has 0 radical (unpaired) electrons. The van der Waals surface area contributed by atoms with Gasteiger partial charge in [0.15, 0.2) is 11.4 Å². The summed E-state index contributed by atoms with van der Waals surface area (Å²) >= 11 is 0. The number of rotatable bonds is 8. The fraction of sp³-hybridized carbons (Fsp3) is 0.385. The smallest absolute Gasteiger partial charge is 0.356 e. The van der Waals surface area contributed by atoms with Gasteiger partial charge in [-0.25, -0.2) is 13.8 Å². The molecule has 2 heterocycles. The summed E-state index contributed by atoms with van der Waals surface area (Å²) < 4.78 is 163. The first-order chi connectivity index (χ1) is 21.5. The lowest BCUT2D eigenvalue weighted by Crippen LogP contribution is -2.60. The number of aryl methyl sites for hydroxylation is 2. The Kier molecular flexibility index (Phi) is 8.34. The predicted octanol–water partition coefficient (Wildman–Crippen LogP) is 5.23. The minimum absolute atomic E-state index is 0.00491. The summed E-state index contributed by atoms with van der Waals surface area (Å²) in [7, 11) is -6.94. The molecule has 0 unspecified atom stereocenters. The molecular formula is C26H18F10N6O4S. The number of hydrogen-bond acceptors (Lipinski definition) is 7. The number of carbonyl (C=O) groups is 1. The Morgan fingerprint density at radius 2 is 1.68 bits per heavy atom. The standard InChI is InChI=1S/C26H18F10N6O4S/c1-4-9-41(22(13-37)7-8-22)21(43)17-10-15(6-5-14(17)2)16-11-38-42(12-16)20-18(23(27,28)29)19(39-40(20)3)46-47(44,45)24(30,25(31,32)33)26(34,35)36/h1,5-6,10-12H,7-9H2,2-3H3. The van der Waals surface area contributed by atoms with Crippen molar-refractivity contribution in [2.45, 2.75) is 48.8 Å². The van der Waals surface area contributed by atoms with Crippen LogP contribution in [0.15, 0.2) is 30.6 Å². The second-order valence-electron chi connectivity index (χ2n) is 10.2. The molecule has 2 aromatic heterocycles. The van der Waals surface area contributed by atoms with Crippen molar-refractivity contribution in [1.29, 1.82) is 5.26 Å². The number of amides is 1. The van der Waals surface area contributed by atoms with E-state index in [1.807, 2.05) is 0 Å². The van der Waals surface area contributed by atoms with Crippen LogP contribution in [0, 0.1) is 30.6 Å². The van der Waals surface area contributed by atoms with Gasteiger partial charge in [0.2, 0.25) is 0 Å². The highest BCUT2D eigenvalue weighted by molar-refractivity contribution is 7.88. The fourth-order valence-electron chi connectivity index (χ4n) is 4.50. The maximum Gasteiger partial charge on any atom is 0.450 e. The number of hydrogen-bond donors (Lipinski definition) is 0. The molecule has 1 aliphatic carbocycles. The van der Waals surface area contributed by atoms with Crippen molar-refractivity contribution in [1.82, 2.24) is 24.5 Å². The summed E-state index contributed by atoms with van der Waals surface area (Å²) in [6.07, 6.45) is -12.2. The largest absolute Gasteiger partial charge is 0.450 e. The van der Waals surface area contributed by atoms with E-state index in [0.29, 0.717) is 30.1 Å². The normalized spacial score (nSPS) is 15.1. The van der Waals surface area contributed by atoms with Crippen LogP contribution < -0.4 is 4.18 Å². The Balaban J connectivity index is 1.79. The second kappa shape index (κ2) is 11.2. The number of nitrogens with zero attached hydrogens (tertiary/aromatic N) is 6. The highest BCUT2D eigenvalue weighted by Gasteiger charge is 2.82. The first kappa shape index (κ1) is 35.1. The third-order valence-electron chi connectivity index (χ3n) is 7.07. The van der Waals surface area contributed by atoms with Crippen molar-refractivity contribution < 1.29 is 61.3 Å². The monoisotopic (exact) mass is 700 g/mol. The lowest BCUT2D eigenvalue weighted by molar-refractivity contribution is -0.307. The van der Waals surface area contributed by atoms with Crippen LogP contribution in [-0.4, -0.2) is 68.2 Å². The average Bonchev–Trinajstić information content (AvgIpc) is 3.45. The van der Waals surface area contributed by atoms with Crippen LogP contribution in [0.3, 0.4) is 0 Å². The number of carbonyl (C=O) groups excluding carboxylic acids is 1. The van der Waals surface area contributed by atoms with E-state index in [1.165, 1.54) is 23.1 Å². The molecule has 1 fully saturated rings. The fourth-order valence-corrected chi connectivity index (χ4v) is 5.51. The first-order valence-corrected chi connectivity index (χ1v) is 14.1. The molecule has 4 rings (SSSR count). The van der Waals surface area contributed by atoms with Crippen molar-refractivity contribution in [3.8, 4) is 41.2 Å². The highest BCUT2D eigenvalue weighted by Crippen LogP contribution is 2.51. The van der Waals surface area contributed by atoms with E-state index < -0.39 is 62.4 Å². The van der Waals surface area contributed by atoms with Crippen molar-refractivity contribution in [2.75, 3.05) is 6.54 Å². The number of benzene rings is 1. The van der Waals surface area contributed by atoms with Gasteiger partial charge in [-0.3, -0.25) is 4.79 Å². The molecule has 0 bridgehead atoms. The summed E-state index contributed by atoms with van der Waals surface area (Å²) in [6.45, 7) is 1.36. The van der Waals surface area contributed by atoms with E-state index in [4.69, 9.17) is 6.42 Å². The van der Waals surface area contributed by atoms with Crippen molar-refractivity contribution in [3.63, 3.8) is 0 Å². The zero-order chi connectivity index (χ0) is 35.5. The molecule has 21 heteroatoms. The van der Waals surface area contributed by atoms with Crippen molar-refractivity contribution in [2.24, 2.45) is 7.05 Å². The molecule has 0 atom stereocenters. The zero-order valence-electron chi connectivity index (χ0n) is 23.6. The molecule has 1 amide bonds. The van der Waals surface area contributed by atoms with Gasteiger partial charge in [-0.2, -0.15) is 58.3 Å². The van der Waals surface area contributed by atoms with E-state index in [2.05, 4.69) is 26.4 Å². The maximum absolute atomic E-state index is 14.3. The van der Waals surface area contributed by atoms with E-state index in [-0.39, 0.29) is 27.9 Å². The van der Waals surface area contributed by atoms with Gasteiger partial charge in [0.1, 0.15) is 5.54 Å². The molecular weight excluding hydrogens is 682 g/mol. The van der Waals surface area contributed by atoms with E-state index >= 15 is 0 Å². The Hall–Kier alpha value is -4.79. The Morgan fingerprint density at radius 1 is 1.09 bits per heavy atom. The average molecular weight is 701 g/mol. The van der Waals surface area contributed by atoms with Crippen LogP contribution in [0.2, 0.25) is 0 Å². The first-order valence-electron chi connectivity index (χ1n) is 12.7. The molecule has 252 valence electrons. The van der Waals surface area contributed by atoms with Gasteiger partial charge in [-0.05, 0) is 37.0 Å². The van der Waals surface area contributed by atoms with Gasteiger partial charge in [0.05, 0.1) is 18.8 Å². The number of terminal acetylenes is 1. The summed E-state index contributed by atoms with van der Waals surface area (Å²) in [4.78, 5) is 14.6. The number of aromatic nitrogens is 4. The highest BCUT2D eigenvalue weighted by atomic mass is 32.2. The van der Waals surface area contributed by atoms with Gasteiger partial charge in [0, 0.05) is 24.4 Å². The van der Waals surface area contributed by atoms with Crippen LogP contribution in [0.5, 0.6) is 5.88 Å². The van der Waals surface area contributed by atoms with Gasteiger partial charge in [-0.1, -0.05) is 18.1 Å². The molecule has 47 heavy (non-hydrogen) atoms. The van der Waals surface area contributed by atoms with Crippen LogP contribution in [0.25, 0.3) is 16.9 Å². The third kappa shape index (κ3) is 5.83.